The van der Waals surface area contributed by atoms with Crippen LogP contribution in [0.2, 0.25) is 0 Å². The maximum absolute atomic E-state index is 11.4. The van der Waals surface area contributed by atoms with Crippen LogP contribution in [-0.2, 0) is 12.8 Å². The number of carbonyl (C=O) groups is 1. The van der Waals surface area contributed by atoms with E-state index in [2.05, 4.69) is 11.2 Å². The predicted octanol–water partition coefficient (Wildman–Crippen LogP) is 2.57. The van der Waals surface area contributed by atoms with Gasteiger partial charge in [-0.3, -0.25) is 0 Å². The molecule has 0 radical (unpaired) electrons. The molecule has 0 bridgehead atoms. The predicted molar refractivity (Wildman–Crippen MR) is 74.0 cm³/mol. The molecule has 5 nitrogen and oxygen atoms in total. The Kier molecular flexibility index (Phi) is 3.85. The molecule has 5 heteroatoms. The molecule has 1 heterocycles. The van der Waals surface area contributed by atoms with E-state index in [9.17, 15) is 9.90 Å². The topological polar surface area (TPSA) is 78.9 Å². The average Bonchev–Trinajstić information content (AvgIpc) is 2.86. The van der Waals surface area contributed by atoms with Crippen LogP contribution in [0.3, 0.4) is 0 Å². The Labute approximate surface area is 117 Å². The van der Waals surface area contributed by atoms with Gasteiger partial charge in [-0.05, 0) is 31.0 Å². The number of hydrogen-bond donors (Lipinski definition) is 1. The first-order valence-electron chi connectivity index (χ1n) is 6.46. The number of carboxylic acids is 1. The summed E-state index contributed by atoms with van der Waals surface area (Å²) in [5.41, 5.74) is 2.73. The molecular formula is C15H15N3O2. The first kappa shape index (κ1) is 13.8. The number of aryl methyl sites for hydroxylation is 1. The molecule has 2 rings (SSSR count). The standard InChI is InChI=1S/C15H15N3O2/c1-3-12-14(15(19)20)13(4-2)18(17-12)11-7-5-6-10(8-11)9-16/h5-8H,3-4H2,1-2H3,(H,19,20). The summed E-state index contributed by atoms with van der Waals surface area (Å²) in [6, 6.07) is 9.07. The van der Waals surface area contributed by atoms with E-state index in [4.69, 9.17) is 5.26 Å². The van der Waals surface area contributed by atoms with Gasteiger partial charge in [-0.15, -0.1) is 0 Å². The number of carboxylic acid groups (broad SMARTS) is 1. The fourth-order valence-electron chi connectivity index (χ4n) is 2.25. The van der Waals surface area contributed by atoms with Crippen LogP contribution in [0.5, 0.6) is 0 Å². The zero-order valence-electron chi connectivity index (χ0n) is 11.4. The van der Waals surface area contributed by atoms with Gasteiger partial charge in [0.05, 0.1) is 28.7 Å². The van der Waals surface area contributed by atoms with Gasteiger partial charge in [0.25, 0.3) is 0 Å². The number of rotatable bonds is 4. The second-order valence-corrected chi connectivity index (χ2v) is 4.35. The van der Waals surface area contributed by atoms with Crippen LogP contribution >= 0.6 is 0 Å². The van der Waals surface area contributed by atoms with Gasteiger partial charge in [0.1, 0.15) is 5.56 Å². The molecule has 0 unspecified atom stereocenters. The van der Waals surface area contributed by atoms with Gasteiger partial charge in [-0.2, -0.15) is 10.4 Å². The zero-order chi connectivity index (χ0) is 14.7. The number of benzene rings is 1. The lowest BCUT2D eigenvalue weighted by atomic mass is 10.1. The van der Waals surface area contributed by atoms with Crippen molar-refractivity contribution in [3.63, 3.8) is 0 Å². The first-order chi connectivity index (χ1) is 9.62. The maximum Gasteiger partial charge on any atom is 0.339 e. The monoisotopic (exact) mass is 269 g/mol. The molecule has 0 saturated carbocycles. The summed E-state index contributed by atoms with van der Waals surface area (Å²) in [5.74, 6) is -0.957. The molecule has 102 valence electrons. The van der Waals surface area contributed by atoms with Crippen LogP contribution in [0.1, 0.15) is 41.2 Å². The van der Waals surface area contributed by atoms with Gasteiger partial charge in [-0.25, -0.2) is 9.48 Å². The van der Waals surface area contributed by atoms with Crippen LogP contribution < -0.4 is 0 Å². The van der Waals surface area contributed by atoms with Gasteiger partial charge in [0.2, 0.25) is 0 Å². The van der Waals surface area contributed by atoms with Crippen LogP contribution in [0.15, 0.2) is 24.3 Å². The highest BCUT2D eigenvalue weighted by Gasteiger charge is 2.21. The third-order valence-corrected chi connectivity index (χ3v) is 3.16. The van der Waals surface area contributed by atoms with Crippen LogP contribution in [0.4, 0.5) is 0 Å². The molecule has 0 fully saturated rings. The summed E-state index contributed by atoms with van der Waals surface area (Å²) in [4.78, 5) is 11.4. The molecular weight excluding hydrogens is 254 g/mol. The van der Waals surface area contributed by atoms with Crippen molar-refractivity contribution < 1.29 is 9.90 Å². The lowest BCUT2D eigenvalue weighted by molar-refractivity contribution is 0.0694. The Bertz CT molecular complexity index is 696. The highest BCUT2D eigenvalue weighted by molar-refractivity contribution is 5.90. The second-order valence-electron chi connectivity index (χ2n) is 4.35. The summed E-state index contributed by atoms with van der Waals surface area (Å²) in [6.45, 7) is 3.78. The quantitative estimate of drug-likeness (QED) is 0.925. The van der Waals surface area contributed by atoms with Gasteiger partial charge >= 0.3 is 5.97 Å². The highest BCUT2D eigenvalue weighted by Crippen LogP contribution is 2.21. The molecule has 0 aliphatic carbocycles. The van der Waals surface area contributed by atoms with Crippen molar-refractivity contribution in [2.45, 2.75) is 26.7 Å². The van der Waals surface area contributed by atoms with E-state index in [-0.39, 0.29) is 5.56 Å². The molecule has 1 aromatic carbocycles. The van der Waals surface area contributed by atoms with Gasteiger partial charge < -0.3 is 5.11 Å². The van der Waals surface area contributed by atoms with Crippen LogP contribution in [0.25, 0.3) is 5.69 Å². The zero-order valence-corrected chi connectivity index (χ0v) is 11.4. The number of nitriles is 1. The molecule has 1 aromatic heterocycles. The fourth-order valence-corrected chi connectivity index (χ4v) is 2.25. The third kappa shape index (κ3) is 2.28. The number of aromatic carboxylic acids is 1. The lowest BCUT2D eigenvalue weighted by Gasteiger charge is -2.06. The Morgan fingerprint density at radius 1 is 1.40 bits per heavy atom. The molecule has 2 aromatic rings. The average molecular weight is 269 g/mol. The van der Waals surface area contributed by atoms with Gasteiger partial charge in [-0.1, -0.05) is 19.9 Å². The molecule has 0 atom stereocenters. The largest absolute Gasteiger partial charge is 0.478 e. The van der Waals surface area contributed by atoms with Crippen molar-refractivity contribution in [1.82, 2.24) is 9.78 Å². The smallest absolute Gasteiger partial charge is 0.339 e. The van der Waals surface area contributed by atoms with Crippen LogP contribution in [-0.4, -0.2) is 20.9 Å². The second kappa shape index (κ2) is 5.57. The lowest BCUT2D eigenvalue weighted by Crippen LogP contribution is -2.06. The molecule has 0 saturated heterocycles. The molecule has 0 spiro atoms. The van der Waals surface area contributed by atoms with E-state index < -0.39 is 5.97 Å². The van der Waals surface area contributed by atoms with Crippen molar-refractivity contribution in [2.75, 3.05) is 0 Å². The van der Waals surface area contributed by atoms with E-state index >= 15 is 0 Å². The summed E-state index contributed by atoms with van der Waals surface area (Å²) >= 11 is 0. The maximum atomic E-state index is 11.4. The number of nitrogens with zero attached hydrogens (tertiary/aromatic N) is 3. The third-order valence-electron chi connectivity index (χ3n) is 3.16. The van der Waals surface area contributed by atoms with Crippen LogP contribution in [0, 0.1) is 11.3 Å². The Morgan fingerprint density at radius 2 is 2.15 bits per heavy atom. The Morgan fingerprint density at radius 3 is 2.70 bits per heavy atom. The van der Waals surface area contributed by atoms with Crippen molar-refractivity contribution >= 4 is 5.97 Å². The molecule has 1 N–H and O–H groups in total. The van der Waals surface area contributed by atoms with Gasteiger partial charge in [0.15, 0.2) is 0 Å². The molecule has 20 heavy (non-hydrogen) atoms. The van der Waals surface area contributed by atoms with Gasteiger partial charge in [0, 0.05) is 0 Å². The normalized spacial score (nSPS) is 10.2. The Hall–Kier alpha value is -2.61. The summed E-state index contributed by atoms with van der Waals surface area (Å²) in [7, 11) is 0. The SMILES string of the molecule is CCc1nn(-c2cccc(C#N)c2)c(CC)c1C(=O)O. The summed E-state index contributed by atoms with van der Waals surface area (Å²) < 4.78 is 1.63. The Balaban J connectivity index is 2.68. The van der Waals surface area contributed by atoms with E-state index in [1.165, 1.54) is 0 Å². The molecule has 0 amide bonds. The minimum Gasteiger partial charge on any atom is -0.478 e. The molecule has 0 aliphatic rings. The van der Waals surface area contributed by atoms with Crippen molar-refractivity contribution in [1.29, 1.82) is 5.26 Å². The van der Waals surface area contributed by atoms with E-state index in [0.717, 1.165) is 0 Å². The van der Waals surface area contributed by atoms with E-state index in [0.29, 0.717) is 35.5 Å². The van der Waals surface area contributed by atoms with Crippen molar-refractivity contribution in [3.05, 3.63) is 46.8 Å². The summed E-state index contributed by atoms with van der Waals surface area (Å²) in [6.07, 6.45) is 1.12. The first-order valence-corrected chi connectivity index (χ1v) is 6.46. The highest BCUT2D eigenvalue weighted by atomic mass is 16.4. The fraction of sp³-hybridized carbons (Fsp3) is 0.267. The number of hydrogen-bond acceptors (Lipinski definition) is 3. The van der Waals surface area contributed by atoms with E-state index in [1.807, 2.05) is 19.9 Å². The molecule has 0 aliphatic heterocycles. The minimum absolute atomic E-state index is 0.275. The summed E-state index contributed by atoms with van der Waals surface area (Å²) in [5, 5.41) is 22.7. The van der Waals surface area contributed by atoms with E-state index in [1.54, 1.807) is 22.9 Å². The number of aromatic nitrogens is 2. The van der Waals surface area contributed by atoms with Crippen molar-refractivity contribution in [3.8, 4) is 11.8 Å². The minimum atomic E-state index is -0.957. The van der Waals surface area contributed by atoms with Crippen molar-refractivity contribution in [2.24, 2.45) is 0 Å².